The first-order chi connectivity index (χ1) is 17.9. The van der Waals surface area contributed by atoms with Crippen LogP contribution in [0.25, 0.3) is 6.08 Å². The van der Waals surface area contributed by atoms with Crippen LogP contribution in [0.15, 0.2) is 51.8 Å². The van der Waals surface area contributed by atoms with Gasteiger partial charge < -0.3 is 14.4 Å². The van der Waals surface area contributed by atoms with E-state index in [1.807, 2.05) is 11.8 Å². The molecule has 0 bridgehead atoms. The molecule has 3 amide bonds. The van der Waals surface area contributed by atoms with E-state index in [1.54, 1.807) is 48.5 Å². The van der Waals surface area contributed by atoms with Crippen molar-refractivity contribution in [1.82, 2.24) is 15.3 Å². The maximum atomic E-state index is 13.0. The van der Waals surface area contributed by atoms with E-state index < -0.39 is 11.8 Å². The van der Waals surface area contributed by atoms with Gasteiger partial charge in [0.1, 0.15) is 0 Å². The number of thiocarbonyl (C=S) groups is 1. The first-order valence-electron chi connectivity index (χ1n) is 11.9. The second-order valence-electron chi connectivity index (χ2n) is 8.32. The van der Waals surface area contributed by atoms with Gasteiger partial charge in [0.25, 0.3) is 17.7 Å². The van der Waals surface area contributed by atoms with E-state index in [2.05, 4.69) is 21.4 Å². The summed E-state index contributed by atoms with van der Waals surface area (Å²) in [4.78, 5) is 40.2. The summed E-state index contributed by atoms with van der Waals surface area (Å²) in [6.45, 7) is 3.66. The number of carbonyl (C=O) groups is 3. The Kier molecular flexibility index (Phi) is 9.23. The molecule has 0 aromatic heterocycles. The fourth-order valence-corrected chi connectivity index (χ4v) is 5.67. The van der Waals surface area contributed by atoms with E-state index in [0.717, 1.165) is 49.1 Å². The van der Waals surface area contributed by atoms with Gasteiger partial charge in [-0.3, -0.25) is 19.8 Å². The van der Waals surface area contributed by atoms with E-state index >= 15 is 0 Å². The molecule has 1 N–H and O–H groups in total. The number of thioether (sulfide) groups is 1. The van der Waals surface area contributed by atoms with E-state index in [4.69, 9.17) is 21.7 Å². The van der Waals surface area contributed by atoms with Gasteiger partial charge in [-0.25, -0.2) is 0 Å². The zero-order valence-electron chi connectivity index (χ0n) is 20.2. The Morgan fingerprint density at radius 2 is 1.86 bits per heavy atom. The molecule has 0 atom stereocenters. The van der Waals surface area contributed by atoms with Gasteiger partial charge in [-0.1, -0.05) is 30.0 Å². The number of hydrazine groups is 1. The minimum atomic E-state index is -0.430. The van der Waals surface area contributed by atoms with Gasteiger partial charge in [0.2, 0.25) is 0 Å². The lowest BCUT2D eigenvalue weighted by molar-refractivity contribution is -0.134. The molecule has 2 aromatic carbocycles. The Labute approximate surface area is 233 Å². The average Bonchev–Trinajstić information content (AvgIpc) is 3.16. The molecule has 2 aliphatic heterocycles. The second kappa shape index (κ2) is 12.6. The summed E-state index contributed by atoms with van der Waals surface area (Å²) in [5.74, 6) is -0.0465. The normalized spacial score (nSPS) is 16.8. The summed E-state index contributed by atoms with van der Waals surface area (Å²) in [5, 5.41) is 1.07. The van der Waals surface area contributed by atoms with Gasteiger partial charge in [-0.05, 0) is 90.2 Å². The fraction of sp³-hybridized carbons (Fsp3) is 0.308. The van der Waals surface area contributed by atoms with Crippen LogP contribution >= 0.6 is 39.9 Å². The molecule has 4 rings (SSSR count). The molecule has 194 valence electrons. The summed E-state index contributed by atoms with van der Waals surface area (Å²) >= 11 is 9.94. The minimum Gasteiger partial charge on any atom is -0.490 e. The van der Waals surface area contributed by atoms with Crippen LogP contribution in [0.3, 0.4) is 0 Å². The van der Waals surface area contributed by atoms with Gasteiger partial charge >= 0.3 is 0 Å². The van der Waals surface area contributed by atoms with E-state index in [1.165, 1.54) is 0 Å². The molecule has 0 spiro atoms. The third-order valence-electron chi connectivity index (χ3n) is 5.72. The summed E-state index contributed by atoms with van der Waals surface area (Å²) in [6, 6.07) is 12.1. The Morgan fingerprint density at radius 3 is 2.57 bits per heavy atom. The summed E-state index contributed by atoms with van der Waals surface area (Å²) in [6.07, 6.45) is 4.83. The predicted octanol–water partition coefficient (Wildman–Crippen LogP) is 4.79. The molecular formula is C26H26BrN3O5S2. The van der Waals surface area contributed by atoms with Crippen molar-refractivity contribution in [2.75, 3.05) is 26.3 Å². The summed E-state index contributed by atoms with van der Waals surface area (Å²) in [7, 11) is 0. The van der Waals surface area contributed by atoms with E-state index in [0.29, 0.717) is 38.6 Å². The second-order valence-corrected chi connectivity index (χ2v) is 10.8. The van der Waals surface area contributed by atoms with Crippen LogP contribution in [0.5, 0.6) is 11.5 Å². The van der Waals surface area contributed by atoms with Gasteiger partial charge in [0.15, 0.2) is 22.4 Å². The van der Waals surface area contributed by atoms with E-state index in [-0.39, 0.29) is 16.8 Å². The van der Waals surface area contributed by atoms with Crippen LogP contribution in [0.4, 0.5) is 0 Å². The summed E-state index contributed by atoms with van der Waals surface area (Å²) < 4.78 is 12.5. The number of hydrogen-bond acceptors (Lipinski definition) is 7. The number of ether oxygens (including phenoxy) is 2. The van der Waals surface area contributed by atoms with Gasteiger partial charge in [0, 0.05) is 18.7 Å². The van der Waals surface area contributed by atoms with Crippen LogP contribution < -0.4 is 14.9 Å². The molecule has 2 aliphatic rings. The number of hydrogen-bond donors (Lipinski definition) is 1. The molecule has 0 saturated carbocycles. The number of rotatable bonds is 8. The van der Waals surface area contributed by atoms with Crippen LogP contribution in [0, 0.1) is 0 Å². The van der Waals surface area contributed by atoms with Crippen LogP contribution in [0.2, 0.25) is 0 Å². The topological polar surface area (TPSA) is 88.2 Å². The summed E-state index contributed by atoms with van der Waals surface area (Å²) in [5.41, 5.74) is 3.65. The third kappa shape index (κ3) is 6.71. The van der Waals surface area contributed by atoms with Crippen molar-refractivity contribution in [3.63, 3.8) is 0 Å². The number of amides is 3. The first-order valence-corrected chi connectivity index (χ1v) is 13.9. The van der Waals surface area contributed by atoms with Crippen molar-refractivity contribution >= 4 is 68.0 Å². The zero-order chi connectivity index (χ0) is 26.4. The molecule has 2 aromatic rings. The molecule has 11 heteroatoms. The molecule has 0 aliphatic carbocycles. The maximum absolute atomic E-state index is 13.0. The smallest absolute Gasteiger partial charge is 0.285 e. The third-order valence-corrected chi connectivity index (χ3v) is 7.61. The predicted molar refractivity (Wildman–Crippen MR) is 150 cm³/mol. The highest BCUT2D eigenvalue weighted by Crippen LogP contribution is 2.39. The highest BCUT2D eigenvalue weighted by atomic mass is 79.9. The van der Waals surface area contributed by atoms with Gasteiger partial charge in [-0.2, -0.15) is 5.01 Å². The molecule has 37 heavy (non-hydrogen) atoms. The largest absolute Gasteiger partial charge is 0.490 e. The maximum Gasteiger partial charge on any atom is 0.285 e. The Hall–Kier alpha value is -2.89. The number of halogens is 1. The first kappa shape index (κ1) is 27.2. The lowest BCUT2D eigenvalue weighted by Crippen LogP contribution is -2.44. The molecule has 2 heterocycles. The lowest BCUT2D eigenvalue weighted by atomic mass is 10.1. The number of piperidine rings is 1. The lowest BCUT2D eigenvalue weighted by Gasteiger charge is -2.26. The number of likely N-dealkylation sites (tertiary alicyclic amines) is 1. The van der Waals surface area contributed by atoms with E-state index in [9.17, 15) is 14.4 Å². The average molecular weight is 605 g/mol. The van der Waals surface area contributed by atoms with Crippen LogP contribution in [-0.4, -0.2) is 58.3 Å². The van der Waals surface area contributed by atoms with Crippen LogP contribution in [-0.2, 0) is 9.59 Å². The van der Waals surface area contributed by atoms with Crippen molar-refractivity contribution in [2.45, 2.75) is 26.2 Å². The van der Waals surface area contributed by atoms with Gasteiger partial charge in [0.05, 0.1) is 16.0 Å². The number of nitrogens with zero attached hydrogens (tertiary/aromatic N) is 2. The highest BCUT2D eigenvalue weighted by Gasteiger charge is 2.34. The van der Waals surface area contributed by atoms with Crippen molar-refractivity contribution in [1.29, 1.82) is 0 Å². The highest BCUT2D eigenvalue weighted by molar-refractivity contribution is 9.10. The molecule has 8 nitrogen and oxygen atoms in total. The Bertz CT molecular complexity index is 1230. The molecule has 0 radical (unpaired) electrons. The zero-order valence-corrected chi connectivity index (χ0v) is 23.4. The van der Waals surface area contributed by atoms with Crippen molar-refractivity contribution in [3.8, 4) is 11.5 Å². The molecule has 2 saturated heterocycles. The number of nitrogens with one attached hydrogen (secondary N) is 1. The minimum absolute atomic E-state index is 0.0562. The van der Waals surface area contributed by atoms with Gasteiger partial charge in [-0.15, -0.1) is 0 Å². The Morgan fingerprint density at radius 1 is 1.14 bits per heavy atom. The SMILES string of the molecule is CCOc1cc(/C=C2/SC(=S)N(NC(=O)c3ccccc3)C2=O)cc(Br)c1OCC(=O)N1CCCCC1. The molecule has 0 unspecified atom stereocenters. The van der Waals surface area contributed by atoms with Crippen molar-refractivity contribution < 1.29 is 23.9 Å². The molecule has 2 fully saturated rings. The Balaban J connectivity index is 1.49. The van der Waals surface area contributed by atoms with Crippen molar-refractivity contribution in [3.05, 3.63) is 63.0 Å². The number of carbonyl (C=O) groups excluding carboxylic acids is 3. The van der Waals surface area contributed by atoms with Crippen molar-refractivity contribution in [2.24, 2.45) is 0 Å². The van der Waals surface area contributed by atoms with Crippen LogP contribution in [0.1, 0.15) is 42.1 Å². The number of benzene rings is 2. The fourth-order valence-electron chi connectivity index (χ4n) is 3.91. The quantitative estimate of drug-likeness (QED) is 0.343. The standard InChI is InChI=1S/C26H26BrN3O5S2/c1-2-34-20-14-17(13-19(27)23(20)35-16-22(31)29-11-7-4-8-12-29)15-21-25(33)30(26(36)37-21)28-24(32)18-9-5-3-6-10-18/h3,5-6,9-10,13-15H,2,4,7-8,11-12,16H2,1H3,(H,28,32)/b21-15+. The monoisotopic (exact) mass is 603 g/mol. The molecular weight excluding hydrogens is 578 g/mol.